The molecule has 0 radical (unpaired) electrons. The largest absolute Gasteiger partial charge is 0.304 e. The topological polar surface area (TPSA) is 43.8 Å². The van der Waals surface area contributed by atoms with Crippen molar-refractivity contribution in [3.63, 3.8) is 0 Å². The molecule has 0 aliphatic carbocycles. The van der Waals surface area contributed by atoms with E-state index in [9.17, 15) is 4.79 Å². The van der Waals surface area contributed by atoms with Gasteiger partial charge in [-0.3, -0.25) is 19.8 Å². The molecule has 3 heterocycles. The van der Waals surface area contributed by atoms with Gasteiger partial charge in [0.2, 0.25) is 5.91 Å². The number of piperidine rings is 1. The summed E-state index contributed by atoms with van der Waals surface area (Å²) in [7, 11) is 2.19. The second-order valence-electron chi connectivity index (χ2n) is 8.01. The van der Waals surface area contributed by atoms with Crippen molar-refractivity contribution in [2.75, 3.05) is 64.8 Å². The first-order valence-corrected chi connectivity index (χ1v) is 10.2. The van der Waals surface area contributed by atoms with E-state index in [0.717, 1.165) is 76.1 Å². The summed E-state index contributed by atoms with van der Waals surface area (Å²) in [6, 6.07) is 10.2. The molecule has 2 saturated heterocycles. The fourth-order valence-corrected chi connectivity index (χ4v) is 4.22. The average Bonchev–Trinajstić information content (AvgIpc) is 3.11. The highest BCUT2D eigenvalue weighted by Crippen LogP contribution is 2.19. The lowest BCUT2D eigenvalue weighted by Gasteiger charge is -2.36. The van der Waals surface area contributed by atoms with Crippen LogP contribution in [0.1, 0.15) is 12.8 Å². The molecule has 2 fully saturated rings. The average molecular weight is 370 g/mol. The molecule has 4 rings (SSSR count). The number of para-hydroxylation sites is 1. The van der Waals surface area contributed by atoms with Gasteiger partial charge in [0.1, 0.15) is 0 Å². The maximum atomic E-state index is 12.8. The summed E-state index contributed by atoms with van der Waals surface area (Å²) in [4.78, 5) is 20.2. The Morgan fingerprint density at radius 2 is 1.81 bits per heavy atom. The number of hydrogen-bond acceptors (Lipinski definition) is 4. The van der Waals surface area contributed by atoms with Crippen molar-refractivity contribution in [3.8, 4) is 0 Å². The first-order chi connectivity index (χ1) is 13.2. The second-order valence-corrected chi connectivity index (χ2v) is 8.01. The van der Waals surface area contributed by atoms with Gasteiger partial charge in [-0.15, -0.1) is 0 Å². The highest BCUT2D eigenvalue weighted by atomic mass is 16.2. The highest BCUT2D eigenvalue weighted by Gasteiger charge is 2.26. The quantitative estimate of drug-likeness (QED) is 0.871. The minimum atomic E-state index is 0.0763. The maximum Gasteiger partial charge on any atom is 0.243 e. The van der Waals surface area contributed by atoms with Crippen molar-refractivity contribution >= 4 is 16.8 Å². The number of nitrogens with one attached hydrogen (secondary N) is 1. The zero-order chi connectivity index (χ0) is 18.6. The van der Waals surface area contributed by atoms with E-state index in [-0.39, 0.29) is 11.8 Å². The Kier molecular flexibility index (Phi) is 5.76. The van der Waals surface area contributed by atoms with Crippen LogP contribution in [0.3, 0.4) is 0 Å². The first-order valence-electron chi connectivity index (χ1n) is 10.2. The molecule has 0 spiro atoms. The number of piperazine rings is 1. The van der Waals surface area contributed by atoms with Gasteiger partial charge >= 0.3 is 0 Å². The Balaban J connectivity index is 1.29. The molecular formula is C21H31N5O. The summed E-state index contributed by atoms with van der Waals surface area (Å²) < 4.78 is 1.86. The minimum absolute atomic E-state index is 0.0763. The van der Waals surface area contributed by atoms with Crippen LogP contribution in [0.4, 0.5) is 0 Å². The Bertz CT molecular complexity index is 765. The molecule has 1 aromatic heterocycles. The molecule has 27 heavy (non-hydrogen) atoms. The van der Waals surface area contributed by atoms with E-state index in [4.69, 9.17) is 0 Å². The number of likely N-dealkylation sites (tertiary alicyclic amines) is 1. The summed E-state index contributed by atoms with van der Waals surface area (Å²) in [5.74, 6) is 0.216. The van der Waals surface area contributed by atoms with E-state index in [2.05, 4.69) is 33.2 Å². The number of hydrogen-bond donors (Lipinski definition) is 1. The van der Waals surface area contributed by atoms with Gasteiger partial charge in [0.25, 0.3) is 0 Å². The Morgan fingerprint density at radius 1 is 1.04 bits per heavy atom. The van der Waals surface area contributed by atoms with Crippen molar-refractivity contribution in [1.29, 1.82) is 0 Å². The van der Waals surface area contributed by atoms with Crippen molar-refractivity contribution in [3.05, 3.63) is 36.5 Å². The zero-order valence-corrected chi connectivity index (χ0v) is 16.3. The maximum absolute atomic E-state index is 12.8. The zero-order valence-electron chi connectivity index (χ0n) is 16.3. The minimum Gasteiger partial charge on any atom is -0.304 e. The molecule has 146 valence electrons. The van der Waals surface area contributed by atoms with Crippen molar-refractivity contribution in [1.82, 2.24) is 19.4 Å². The van der Waals surface area contributed by atoms with Gasteiger partial charge in [0.05, 0.1) is 11.4 Å². The fraction of sp³-hybridized carbons (Fsp3) is 0.571. The van der Waals surface area contributed by atoms with E-state index >= 15 is 0 Å². The second kappa shape index (κ2) is 8.42. The van der Waals surface area contributed by atoms with Crippen LogP contribution in [-0.2, 0) is 4.79 Å². The lowest BCUT2D eigenvalue weighted by molar-refractivity contribution is -0.122. The molecule has 2 aliphatic heterocycles. The van der Waals surface area contributed by atoms with Crippen LogP contribution in [0.15, 0.2) is 36.5 Å². The predicted molar refractivity (Wildman–Crippen MR) is 109 cm³/mol. The van der Waals surface area contributed by atoms with E-state index in [1.165, 1.54) is 0 Å². The number of aromatic nitrogens is 1. The molecule has 0 saturated carbocycles. The summed E-state index contributed by atoms with van der Waals surface area (Å²) in [6.45, 7) is 8.82. The molecule has 1 aromatic carbocycles. The summed E-state index contributed by atoms with van der Waals surface area (Å²) in [5.41, 5.74) is 4.15. The van der Waals surface area contributed by atoms with Crippen molar-refractivity contribution in [2.45, 2.75) is 12.8 Å². The number of benzene rings is 1. The molecule has 2 aliphatic rings. The van der Waals surface area contributed by atoms with Crippen LogP contribution in [0.2, 0.25) is 0 Å². The van der Waals surface area contributed by atoms with E-state index in [0.29, 0.717) is 0 Å². The van der Waals surface area contributed by atoms with Gasteiger partial charge in [-0.25, -0.2) is 0 Å². The van der Waals surface area contributed by atoms with E-state index < -0.39 is 0 Å². The molecule has 1 N–H and O–H groups in total. The third-order valence-corrected chi connectivity index (χ3v) is 6.03. The van der Waals surface area contributed by atoms with E-state index in [1.807, 2.05) is 35.1 Å². The molecule has 6 heteroatoms. The summed E-state index contributed by atoms with van der Waals surface area (Å²) in [6.07, 6.45) is 4.03. The third kappa shape index (κ3) is 4.51. The van der Waals surface area contributed by atoms with Crippen molar-refractivity contribution in [2.24, 2.45) is 5.92 Å². The van der Waals surface area contributed by atoms with Gasteiger partial charge in [0.15, 0.2) is 0 Å². The van der Waals surface area contributed by atoms with Crippen LogP contribution >= 0.6 is 0 Å². The van der Waals surface area contributed by atoms with Crippen LogP contribution in [0.25, 0.3) is 10.9 Å². The monoisotopic (exact) mass is 369 g/mol. The molecule has 1 atom stereocenters. The third-order valence-electron chi connectivity index (χ3n) is 6.03. The van der Waals surface area contributed by atoms with Gasteiger partial charge in [-0.05, 0) is 38.6 Å². The van der Waals surface area contributed by atoms with E-state index in [1.54, 1.807) is 0 Å². The number of likely N-dealkylation sites (N-methyl/N-ethyl adjacent to an activating group) is 1. The van der Waals surface area contributed by atoms with Gasteiger partial charge in [0, 0.05) is 57.4 Å². The van der Waals surface area contributed by atoms with Gasteiger partial charge in [-0.1, -0.05) is 18.2 Å². The number of amides is 1. The van der Waals surface area contributed by atoms with Crippen LogP contribution in [-0.4, -0.2) is 84.7 Å². The van der Waals surface area contributed by atoms with Gasteiger partial charge in [-0.2, -0.15) is 0 Å². The number of rotatable bonds is 5. The lowest BCUT2D eigenvalue weighted by Crippen LogP contribution is -2.49. The number of carbonyl (C=O) groups excluding carboxylic acids is 1. The number of carbonyl (C=O) groups is 1. The molecule has 0 bridgehead atoms. The predicted octanol–water partition coefficient (Wildman–Crippen LogP) is 1.67. The smallest absolute Gasteiger partial charge is 0.243 e. The highest BCUT2D eigenvalue weighted by molar-refractivity contribution is 5.89. The SMILES string of the molecule is CN1CCN(CCN2CCCC(C(=O)Nn3ccc4ccccc43)C2)CC1. The molecule has 1 amide bonds. The Labute approximate surface area is 161 Å². The number of nitrogens with zero attached hydrogens (tertiary/aromatic N) is 4. The summed E-state index contributed by atoms with van der Waals surface area (Å²) in [5, 5.41) is 1.15. The Hall–Kier alpha value is -1.89. The Morgan fingerprint density at radius 3 is 2.67 bits per heavy atom. The fourth-order valence-electron chi connectivity index (χ4n) is 4.22. The molecular weight excluding hydrogens is 338 g/mol. The van der Waals surface area contributed by atoms with Crippen LogP contribution < -0.4 is 5.43 Å². The standard InChI is InChI=1S/C21H31N5O/c1-23-11-13-24(14-12-23)15-16-25-9-4-6-19(17-25)21(27)22-26-10-8-18-5-2-3-7-20(18)26/h2-3,5,7-8,10,19H,4,6,9,11-17H2,1H3,(H,22,27). The van der Waals surface area contributed by atoms with Crippen molar-refractivity contribution < 1.29 is 4.79 Å². The first kappa shape index (κ1) is 18.5. The normalized spacial score (nSPS) is 22.9. The van der Waals surface area contributed by atoms with Gasteiger partial charge < -0.3 is 9.80 Å². The molecule has 1 unspecified atom stereocenters. The molecule has 6 nitrogen and oxygen atoms in total. The van der Waals surface area contributed by atoms with Crippen LogP contribution in [0, 0.1) is 5.92 Å². The number of fused-ring (bicyclic) bond motifs is 1. The lowest BCUT2D eigenvalue weighted by atomic mass is 9.97. The van der Waals surface area contributed by atoms with Crippen LogP contribution in [0.5, 0.6) is 0 Å². The summed E-state index contributed by atoms with van der Waals surface area (Å²) >= 11 is 0. The molecule has 2 aromatic rings.